The Morgan fingerprint density at radius 2 is 1.92 bits per heavy atom. The van der Waals surface area contributed by atoms with Gasteiger partial charge >= 0.3 is 0 Å². The molecule has 4 rings (SSSR count). The summed E-state index contributed by atoms with van der Waals surface area (Å²) in [6.45, 7) is 4.22. The van der Waals surface area contributed by atoms with Crippen LogP contribution in [0.4, 0.5) is 0 Å². The summed E-state index contributed by atoms with van der Waals surface area (Å²) >= 11 is 0. The number of carbonyl (C=O) groups is 1. The molecular weight excluding hydrogens is 326 g/mol. The van der Waals surface area contributed by atoms with Crippen LogP contribution in [0.15, 0.2) is 48.5 Å². The molecule has 1 N–H and O–H groups in total. The minimum absolute atomic E-state index is 0.0792. The van der Waals surface area contributed by atoms with Gasteiger partial charge in [-0.15, -0.1) is 10.2 Å². The zero-order chi connectivity index (χ0) is 18.1. The fraction of sp³-hybridized carbons (Fsp3) is 0.300. The first kappa shape index (κ1) is 16.4. The summed E-state index contributed by atoms with van der Waals surface area (Å²) in [6, 6.07) is 16.4. The van der Waals surface area contributed by atoms with Gasteiger partial charge < -0.3 is 5.32 Å². The summed E-state index contributed by atoms with van der Waals surface area (Å²) < 4.78 is 0. The maximum Gasteiger partial charge on any atom is 0.243 e. The van der Waals surface area contributed by atoms with Gasteiger partial charge in [0.2, 0.25) is 11.7 Å². The van der Waals surface area contributed by atoms with E-state index >= 15 is 0 Å². The van der Waals surface area contributed by atoms with Crippen LogP contribution in [-0.4, -0.2) is 32.2 Å². The van der Waals surface area contributed by atoms with Crippen molar-refractivity contribution in [3.05, 3.63) is 65.2 Å². The Labute approximate surface area is 152 Å². The van der Waals surface area contributed by atoms with Crippen LogP contribution >= 0.6 is 0 Å². The van der Waals surface area contributed by atoms with E-state index in [0.29, 0.717) is 11.7 Å². The zero-order valence-corrected chi connectivity index (χ0v) is 14.9. The molecule has 1 aliphatic rings. The standard InChI is InChI=1S/C20H21N5O/c1-13-7-9-15(10-8-13)20-22-24-25(23-20)12-19(26)21-18-11-17(18)16-6-4-3-5-14(16)2/h3-10,17-18H,11-12H2,1-2H3,(H,21,26). The van der Waals surface area contributed by atoms with E-state index in [1.54, 1.807) is 0 Å². The van der Waals surface area contributed by atoms with Gasteiger partial charge in [0.15, 0.2) is 0 Å². The van der Waals surface area contributed by atoms with E-state index in [1.807, 2.05) is 43.3 Å². The molecule has 0 spiro atoms. The second-order valence-electron chi connectivity index (χ2n) is 6.88. The number of carbonyl (C=O) groups excluding carboxylic acids is 1. The van der Waals surface area contributed by atoms with Crippen LogP contribution in [0.3, 0.4) is 0 Å². The molecule has 1 heterocycles. The topological polar surface area (TPSA) is 72.7 Å². The number of nitrogens with zero attached hydrogens (tertiary/aromatic N) is 4. The fourth-order valence-corrected chi connectivity index (χ4v) is 3.21. The maximum atomic E-state index is 12.3. The zero-order valence-electron chi connectivity index (χ0n) is 14.9. The molecule has 2 aromatic carbocycles. The van der Waals surface area contributed by atoms with Gasteiger partial charge in [0.05, 0.1) is 0 Å². The normalized spacial score (nSPS) is 18.5. The highest BCUT2D eigenvalue weighted by Gasteiger charge is 2.40. The number of benzene rings is 2. The molecule has 0 radical (unpaired) electrons. The molecule has 1 saturated carbocycles. The minimum Gasteiger partial charge on any atom is -0.351 e. The predicted molar refractivity (Wildman–Crippen MR) is 98.5 cm³/mol. The molecular formula is C20H21N5O. The maximum absolute atomic E-state index is 12.3. The number of amides is 1. The van der Waals surface area contributed by atoms with E-state index in [4.69, 9.17) is 0 Å². The van der Waals surface area contributed by atoms with Gasteiger partial charge in [0.1, 0.15) is 6.54 Å². The lowest BCUT2D eigenvalue weighted by molar-refractivity contribution is -0.122. The Morgan fingerprint density at radius 3 is 2.69 bits per heavy atom. The molecule has 1 aromatic heterocycles. The van der Waals surface area contributed by atoms with Crippen molar-refractivity contribution >= 4 is 5.91 Å². The molecule has 1 aliphatic carbocycles. The molecule has 26 heavy (non-hydrogen) atoms. The average molecular weight is 347 g/mol. The van der Waals surface area contributed by atoms with Gasteiger partial charge in [0, 0.05) is 17.5 Å². The van der Waals surface area contributed by atoms with Crippen molar-refractivity contribution < 1.29 is 4.79 Å². The number of aryl methyl sites for hydroxylation is 2. The molecule has 6 heteroatoms. The SMILES string of the molecule is Cc1ccc(-c2nnn(CC(=O)NC3CC3c3ccccc3C)n2)cc1. The number of hydrogen-bond acceptors (Lipinski definition) is 4. The molecule has 0 bridgehead atoms. The lowest BCUT2D eigenvalue weighted by Crippen LogP contribution is -2.31. The number of tetrazole rings is 1. The van der Waals surface area contributed by atoms with E-state index in [9.17, 15) is 4.79 Å². The van der Waals surface area contributed by atoms with Crippen LogP contribution < -0.4 is 5.32 Å². The summed E-state index contributed by atoms with van der Waals surface area (Å²) in [5.74, 6) is 0.855. The van der Waals surface area contributed by atoms with Gasteiger partial charge in [-0.1, -0.05) is 54.1 Å². The molecule has 1 fully saturated rings. The monoisotopic (exact) mass is 347 g/mol. The third kappa shape index (κ3) is 3.49. The molecule has 0 saturated heterocycles. The van der Waals surface area contributed by atoms with Gasteiger partial charge in [-0.05, 0) is 36.6 Å². The molecule has 132 valence electrons. The van der Waals surface area contributed by atoms with E-state index in [-0.39, 0.29) is 18.5 Å². The van der Waals surface area contributed by atoms with Crippen LogP contribution in [0.1, 0.15) is 29.0 Å². The van der Waals surface area contributed by atoms with Crippen molar-refractivity contribution in [1.82, 2.24) is 25.5 Å². The molecule has 3 aromatic rings. The van der Waals surface area contributed by atoms with E-state index < -0.39 is 0 Å². The van der Waals surface area contributed by atoms with Crippen molar-refractivity contribution in [2.24, 2.45) is 0 Å². The van der Waals surface area contributed by atoms with Crippen molar-refractivity contribution in [2.75, 3.05) is 0 Å². The number of nitrogens with one attached hydrogen (secondary N) is 1. The van der Waals surface area contributed by atoms with Crippen LogP contribution in [0.2, 0.25) is 0 Å². The van der Waals surface area contributed by atoms with Crippen molar-refractivity contribution in [3.8, 4) is 11.4 Å². The Hall–Kier alpha value is -3.02. The van der Waals surface area contributed by atoms with Gasteiger partial charge in [0.25, 0.3) is 0 Å². The van der Waals surface area contributed by atoms with E-state index in [0.717, 1.165) is 12.0 Å². The van der Waals surface area contributed by atoms with E-state index in [2.05, 4.69) is 39.8 Å². The highest BCUT2D eigenvalue weighted by molar-refractivity contribution is 5.76. The quantitative estimate of drug-likeness (QED) is 0.770. The van der Waals surface area contributed by atoms with Crippen LogP contribution in [-0.2, 0) is 11.3 Å². The lowest BCUT2D eigenvalue weighted by atomic mass is 10.0. The molecule has 1 amide bonds. The highest BCUT2D eigenvalue weighted by atomic mass is 16.2. The smallest absolute Gasteiger partial charge is 0.243 e. The average Bonchev–Trinajstić information content (AvgIpc) is 3.21. The minimum atomic E-state index is -0.0843. The lowest BCUT2D eigenvalue weighted by Gasteiger charge is -2.06. The summed E-state index contributed by atoms with van der Waals surface area (Å²) in [4.78, 5) is 13.6. The molecule has 2 atom stereocenters. The largest absolute Gasteiger partial charge is 0.351 e. The first-order valence-corrected chi connectivity index (χ1v) is 8.80. The Kier molecular flexibility index (Phi) is 4.24. The molecule has 2 unspecified atom stereocenters. The van der Waals surface area contributed by atoms with E-state index in [1.165, 1.54) is 21.5 Å². The number of hydrogen-bond donors (Lipinski definition) is 1. The van der Waals surface area contributed by atoms with Crippen molar-refractivity contribution in [3.63, 3.8) is 0 Å². The Morgan fingerprint density at radius 1 is 1.15 bits per heavy atom. The molecule has 6 nitrogen and oxygen atoms in total. The predicted octanol–water partition coefficient (Wildman–Crippen LogP) is 2.63. The third-order valence-electron chi connectivity index (χ3n) is 4.77. The van der Waals surface area contributed by atoms with Gasteiger partial charge in [-0.3, -0.25) is 4.79 Å². The van der Waals surface area contributed by atoms with Crippen LogP contribution in [0.5, 0.6) is 0 Å². The highest BCUT2D eigenvalue weighted by Crippen LogP contribution is 2.42. The van der Waals surface area contributed by atoms with Crippen LogP contribution in [0.25, 0.3) is 11.4 Å². The number of rotatable bonds is 5. The number of aromatic nitrogens is 4. The van der Waals surface area contributed by atoms with Gasteiger partial charge in [-0.25, -0.2) is 0 Å². The summed E-state index contributed by atoms with van der Waals surface area (Å²) in [7, 11) is 0. The summed E-state index contributed by atoms with van der Waals surface area (Å²) in [5.41, 5.74) is 4.66. The van der Waals surface area contributed by atoms with Gasteiger partial charge in [-0.2, -0.15) is 4.80 Å². The summed E-state index contributed by atoms with van der Waals surface area (Å²) in [5, 5.41) is 15.4. The first-order valence-electron chi connectivity index (χ1n) is 8.80. The van der Waals surface area contributed by atoms with Crippen LogP contribution in [0, 0.1) is 13.8 Å². The Bertz CT molecular complexity index is 931. The summed E-state index contributed by atoms with van der Waals surface area (Å²) in [6.07, 6.45) is 0.982. The second-order valence-corrected chi connectivity index (χ2v) is 6.88. The fourth-order valence-electron chi connectivity index (χ4n) is 3.21. The first-order chi connectivity index (χ1) is 12.6. The van der Waals surface area contributed by atoms with Crippen molar-refractivity contribution in [2.45, 2.75) is 38.8 Å². The Balaban J connectivity index is 1.35. The second kappa shape index (κ2) is 6.71. The molecule has 0 aliphatic heterocycles. The van der Waals surface area contributed by atoms with Crippen molar-refractivity contribution in [1.29, 1.82) is 0 Å². The third-order valence-corrected chi connectivity index (χ3v) is 4.77.